The highest BCUT2D eigenvalue weighted by atomic mass is 35.5. The molecule has 0 saturated carbocycles. The van der Waals surface area contributed by atoms with Crippen LogP contribution in [0.15, 0.2) is 71.7 Å². The average Bonchev–Trinajstić information content (AvgIpc) is 3.13. The average molecular weight is 473 g/mol. The van der Waals surface area contributed by atoms with E-state index in [0.29, 0.717) is 39.3 Å². The minimum atomic E-state index is -0.355. The van der Waals surface area contributed by atoms with E-state index in [1.165, 1.54) is 11.3 Å². The number of halogens is 2. The van der Waals surface area contributed by atoms with Crippen LogP contribution in [0.4, 0.5) is 0 Å². The van der Waals surface area contributed by atoms with Gasteiger partial charge in [-0.25, -0.2) is 0 Å². The molecule has 8 heteroatoms. The van der Waals surface area contributed by atoms with E-state index < -0.39 is 0 Å². The fraction of sp³-hybridized carbons (Fsp3) is 0.130. The SMILES string of the molecule is COCCn1c(=NC(=O)c2ccc(Oc3ccccc3)cc2)sc2ccc(Cl)c(Cl)c21. The Morgan fingerprint density at radius 1 is 1.00 bits per heavy atom. The molecule has 0 unspecified atom stereocenters. The summed E-state index contributed by atoms with van der Waals surface area (Å²) in [4.78, 5) is 17.7. The van der Waals surface area contributed by atoms with Crippen LogP contribution in [0.2, 0.25) is 10.0 Å². The van der Waals surface area contributed by atoms with Gasteiger partial charge < -0.3 is 14.0 Å². The number of hydrogen-bond acceptors (Lipinski definition) is 4. The van der Waals surface area contributed by atoms with Gasteiger partial charge in [-0.15, -0.1) is 0 Å². The number of carbonyl (C=O) groups excluding carboxylic acids is 1. The zero-order valence-electron chi connectivity index (χ0n) is 16.5. The van der Waals surface area contributed by atoms with Crippen molar-refractivity contribution in [1.29, 1.82) is 0 Å². The number of fused-ring (bicyclic) bond motifs is 1. The van der Waals surface area contributed by atoms with Gasteiger partial charge in [0.1, 0.15) is 11.5 Å². The van der Waals surface area contributed by atoms with Crippen molar-refractivity contribution in [3.8, 4) is 11.5 Å². The van der Waals surface area contributed by atoms with Gasteiger partial charge in [-0.05, 0) is 48.5 Å². The second kappa shape index (κ2) is 9.66. The largest absolute Gasteiger partial charge is 0.457 e. The molecule has 0 N–H and O–H groups in total. The molecule has 0 spiro atoms. The fourth-order valence-electron chi connectivity index (χ4n) is 3.02. The molecule has 4 aromatic rings. The molecule has 31 heavy (non-hydrogen) atoms. The van der Waals surface area contributed by atoms with Crippen molar-refractivity contribution in [1.82, 2.24) is 4.57 Å². The number of carbonyl (C=O) groups is 1. The Morgan fingerprint density at radius 3 is 2.42 bits per heavy atom. The van der Waals surface area contributed by atoms with Crippen LogP contribution in [0.5, 0.6) is 11.5 Å². The lowest BCUT2D eigenvalue weighted by atomic mass is 10.2. The van der Waals surface area contributed by atoms with E-state index in [4.69, 9.17) is 32.7 Å². The summed E-state index contributed by atoms with van der Waals surface area (Å²) in [5, 5.41) is 0.882. The van der Waals surface area contributed by atoms with Gasteiger partial charge in [-0.1, -0.05) is 52.7 Å². The Bertz CT molecular complexity index is 1280. The highest BCUT2D eigenvalue weighted by molar-refractivity contribution is 7.16. The molecular formula is C23H18Cl2N2O3S. The van der Waals surface area contributed by atoms with Crippen LogP contribution < -0.4 is 9.54 Å². The third-order valence-electron chi connectivity index (χ3n) is 4.53. The number of aromatic nitrogens is 1. The molecule has 0 aliphatic heterocycles. The van der Waals surface area contributed by atoms with Gasteiger partial charge in [0.2, 0.25) is 0 Å². The first-order chi connectivity index (χ1) is 15.1. The van der Waals surface area contributed by atoms with Crippen molar-refractivity contribution in [2.75, 3.05) is 13.7 Å². The summed E-state index contributed by atoms with van der Waals surface area (Å²) < 4.78 is 13.7. The van der Waals surface area contributed by atoms with E-state index in [9.17, 15) is 4.79 Å². The number of thiazole rings is 1. The lowest BCUT2D eigenvalue weighted by Gasteiger charge is -2.07. The van der Waals surface area contributed by atoms with Gasteiger partial charge in [0.15, 0.2) is 4.80 Å². The van der Waals surface area contributed by atoms with E-state index >= 15 is 0 Å². The van der Waals surface area contributed by atoms with Gasteiger partial charge in [-0.3, -0.25) is 4.79 Å². The van der Waals surface area contributed by atoms with Gasteiger partial charge in [0.05, 0.1) is 26.9 Å². The molecule has 0 saturated heterocycles. The predicted molar refractivity (Wildman–Crippen MR) is 125 cm³/mol. The molecule has 0 atom stereocenters. The third kappa shape index (κ3) is 4.83. The van der Waals surface area contributed by atoms with E-state index in [1.807, 2.05) is 41.0 Å². The zero-order chi connectivity index (χ0) is 21.8. The maximum Gasteiger partial charge on any atom is 0.279 e. The van der Waals surface area contributed by atoms with Crippen molar-refractivity contribution in [2.45, 2.75) is 6.54 Å². The summed E-state index contributed by atoms with van der Waals surface area (Å²) in [5.74, 6) is 1.01. The Morgan fingerprint density at radius 2 is 1.71 bits per heavy atom. The van der Waals surface area contributed by atoms with Crippen LogP contribution in [-0.2, 0) is 11.3 Å². The number of hydrogen-bond donors (Lipinski definition) is 0. The zero-order valence-corrected chi connectivity index (χ0v) is 18.9. The molecule has 0 radical (unpaired) electrons. The molecule has 1 heterocycles. The van der Waals surface area contributed by atoms with Crippen LogP contribution in [0.3, 0.4) is 0 Å². The molecule has 5 nitrogen and oxygen atoms in total. The van der Waals surface area contributed by atoms with Crippen LogP contribution in [-0.4, -0.2) is 24.2 Å². The van der Waals surface area contributed by atoms with Crippen LogP contribution in [0.25, 0.3) is 10.2 Å². The highest BCUT2D eigenvalue weighted by Crippen LogP contribution is 2.32. The number of benzene rings is 3. The molecule has 1 aromatic heterocycles. The smallest absolute Gasteiger partial charge is 0.279 e. The van der Waals surface area contributed by atoms with Crippen LogP contribution in [0.1, 0.15) is 10.4 Å². The maximum atomic E-state index is 12.8. The van der Waals surface area contributed by atoms with Crippen molar-refractivity contribution >= 4 is 50.7 Å². The van der Waals surface area contributed by atoms with Crippen molar-refractivity contribution in [3.63, 3.8) is 0 Å². The number of para-hydroxylation sites is 1. The topological polar surface area (TPSA) is 52.8 Å². The molecule has 1 amide bonds. The van der Waals surface area contributed by atoms with E-state index in [0.717, 1.165) is 16.0 Å². The molecule has 4 rings (SSSR count). The van der Waals surface area contributed by atoms with Gasteiger partial charge in [0, 0.05) is 19.2 Å². The number of nitrogens with zero attached hydrogens (tertiary/aromatic N) is 2. The molecule has 0 aliphatic carbocycles. The number of methoxy groups -OCH3 is 1. The second-order valence-electron chi connectivity index (χ2n) is 6.59. The van der Waals surface area contributed by atoms with Gasteiger partial charge in [-0.2, -0.15) is 4.99 Å². The first-order valence-corrected chi connectivity index (χ1v) is 11.0. The Labute approximate surface area is 193 Å². The normalized spacial score (nSPS) is 11.8. The number of rotatable bonds is 6. The van der Waals surface area contributed by atoms with Crippen molar-refractivity contribution in [2.24, 2.45) is 4.99 Å². The molecule has 0 fully saturated rings. The van der Waals surface area contributed by atoms with Crippen molar-refractivity contribution in [3.05, 3.63) is 87.1 Å². The minimum Gasteiger partial charge on any atom is -0.457 e. The summed E-state index contributed by atoms with van der Waals surface area (Å²) in [6.45, 7) is 0.939. The van der Waals surface area contributed by atoms with E-state index in [2.05, 4.69) is 4.99 Å². The monoisotopic (exact) mass is 472 g/mol. The fourth-order valence-corrected chi connectivity index (χ4v) is 4.56. The maximum absolute atomic E-state index is 12.8. The summed E-state index contributed by atoms with van der Waals surface area (Å²) in [5.41, 5.74) is 1.20. The predicted octanol–water partition coefficient (Wildman–Crippen LogP) is 6.19. The Hall–Kier alpha value is -2.64. The molecule has 0 aliphatic rings. The van der Waals surface area contributed by atoms with Gasteiger partial charge >= 0.3 is 0 Å². The number of ether oxygens (including phenoxy) is 2. The molecular weight excluding hydrogens is 455 g/mol. The first kappa shape index (κ1) is 21.6. The summed E-state index contributed by atoms with van der Waals surface area (Å²) in [6.07, 6.45) is 0. The Balaban J connectivity index is 1.66. The first-order valence-electron chi connectivity index (χ1n) is 9.45. The minimum absolute atomic E-state index is 0.355. The number of amides is 1. The summed E-state index contributed by atoms with van der Waals surface area (Å²) in [6, 6.07) is 19.9. The second-order valence-corrected chi connectivity index (χ2v) is 8.39. The summed E-state index contributed by atoms with van der Waals surface area (Å²) >= 11 is 14.0. The lowest BCUT2D eigenvalue weighted by molar-refractivity contribution is 0.0997. The standard InChI is InChI=1S/C23H18Cl2N2O3S/c1-29-14-13-27-21-19(12-11-18(24)20(21)25)31-23(27)26-22(28)15-7-9-17(10-8-15)30-16-5-3-2-4-6-16/h2-12H,13-14H2,1H3. The van der Waals surface area contributed by atoms with Crippen molar-refractivity contribution < 1.29 is 14.3 Å². The van der Waals surface area contributed by atoms with Crippen LogP contribution in [0, 0.1) is 0 Å². The quantitative estimate of drug-likeness (QED) is 0.336. The Kier molecular flexibility index (Phi) is 6.73. The van der Waals surface area contributed by atoms with Gasteiger partial charge in [0.25, 0.3) is 5.91 Å². The highest BCUT2D eigenvalue weighted by Gasteiger charge is 2.14. The van der Waals surface area contributed by atoms with Crippen LogP contribution >= 0.6 is 34.5 Å². The van der Waals surface area contributed by atoms with E-state index in [-0.39, 0.29) is 5.91 Å². The molecule has 3 aromatic carbocycles. The lowest BCUT2D eigenvalue weighted by Crippen LogP contribution is -2.19. The van der Waals surface area contributed by atoms with E-state index in [1.54, 1.807) is 37.4 Å². The third-order valence-corrected chi connectivity index (χ3v) is 6.37. The summed E-state index contributed by atoms with van der Waals surface area (Å²) in [7, 11) is 1.62. The molecule has 0 bridgehead atoms. The molecule has 158 valence electrons.